The highest BCUT2D eigenvalue weighted by Gasteiger charge is 2.04. The zero-order chi connectivity index (χ0) is 14.7. The van der Waals surface area contributed by atoms with Gasteiger partial charge < -0.3 is 5.32 Å². The van der Waals surface area contributed by atoms with Crippen molar-refractivity contribution in [2.45, 2.75) is 6.54 Å². The van der Waals surface area contributed by atoms with E-state index in [0.29, 0.717) is 5.56 Å². The van der Waals surface area contributed by atoms with Crippen LogP contribution in [0.4, 0.5) is 14.5 Å². The quantitative estimate of drug-likeness (QED) is 0.755. The van der Waals surface area contributed by atoms with Crippen LogP contribution in [0.25, 0.3) is 10.6 Å². The maximum atomic E-state index is 13.5. The average Bonchev–Trinajstić information content (AvgIpc) is 3.03. The molecule has 21 heavy (non-hydrogen) atoms. The maximum absolute atomic E-state index is 13.5. The van der Waals surface area contributed by atoms with Gasteiger partial charge in [-0.1, -0.05) is 0 Å². The lowest BCUT2D eigenvalue weighted by molar-refractivity contribution is 0.587. The Morgan fingerprint density at radius 1 is 1.05 bits per heavy atom. The second-order valence-corrected chi connectivity index (χ2v) is 5.40. The molecule has 0 unspecified atom stereocenters. The lowest BCUT2D eigenvalue weighted by Crippen LogP contribution is -2.02. The van der Waals surface area contributed by atoms with Crippen molar-refractivity contribution in [1.82, 2.24) is 4.98 Å². The summed E-state index contributed by atoms with van der Waals surface area (Å²) in [6.07, 6.45) is 1.76. The van der Waals surface area contributed by atoms with E-state index in [2.05, 4.69) is 10.3 Å². The fraction of sp³-hybridized carbons (Fsp3) is 0.0625. The van der Waals surface area contributed by atoms with E-state index in [0.717, 1.165) is 28.4 Å². The third-order valence-corrected chi connectivity index (χ3v) is 3.88. The van der Waals surface area contributed by atoms with E-state index < -0.39 is 11.6 Å². The highest BCUT2D eigenvalue weighted by Crippen LogP contribution is 2.23. The number of aromatic nitrogens is 1. The standard InChI is InChI=1S/C16H12F2N2S/c17-13-3-6-15(18)12(9-13)10-20-14-4-1-11(2-5-14)16-19-7-8-21-16/h1-9,20H,10H2. The highest BCUT2D eigenvalue weighted by molar-refractivity contribution is 7.13. The molecule has 0 aliphatic carbocycles. The molecule has 1 aromatic heterocycles. The van der Waals surface area contributed by atoms with Gasteiger partial charge in [0, 0.05) is 34.9 Å². The zero-order valence-electron chi connectivity index (χ0n) is 11.0. The Balaban J connectivity index is 1.70. The molecule has 0 saturated carbocycles. The van der Waals surface area contributed by atoms with Gasteiger partial charge >= 0.3 is 0 Å². The monoisotopic (exact) mass is 302 g/mol. The van der Waals surface area contributed by atoms with Crippen molar-refractivity contribution in [3.05, 3.63) is 71.2 Å². The number of benzene rings is 2. The number of rotatable bonds is 4. The van der Waals surface area contributed by atoms with Gasteiger partial charge in [0.05, 0.1) is 0 Å². The van der Waals surface area contributed by atoms with Crippen LogP contribution < -0.4 is 5.32 Å². The summed E-state index contributed by atoms with van der Waals surface area (Å²) in [5, 5.41) is 5.96. The third kappa shape index (κ3) is 3.25. The highest BCUT2D eigenvalue weighted by atomic mass is 32.1. The van der Waals surface area contributed by atoms with Gasteiger partial charge in [-0.05, 0) is 42.5 Å². The molecule has 2 aromatic carbocycles. The normalized spacial score (nSPS) is 10.6. The molecule has 1 N–H and O–H groups in total. The van der Waals surface area contributed by atoms with E-state index in [1.165, 1.54) is 6.07 Å². The van der Waals surface area contributed by atoms with Crippen molar-refractivity contribution in [3.8, 4) is 10.6 Å². The molecule has 1 heterocycles. The Morgan fingerprint density at radius 3 is 2.57 bits per heavy atom. The molecular weight excluding hydrogens is 290 g/mol. The van der Waals surface area contributed by atoms with Gasteiger partial charge in [0.25, 0.3) is 0 Å². The molecule has 2 nitrogen and oxygen atoms in total. The van der Waals surface area contributed by atoms with E-state index in [-0.39, 0.29) is 6.54 Å². The Bertz CT molecular complexity index is 725. The summed E-state index contributed by atoms with van der Waals surface area (Å²) in [5.41, 5.74) is 2.19. The van der Waals surface area contributed by atoms with Gasteiger partial charge in [0.15, 0.2) is 0 Å². The lowest BCUT2D eigenvalue weighted by atomic mass is 10.2. The van der Waals surface area contributed by atoms with Crippen molar-refractivity contribution in [1.29, 1.82) is 0 Å². The van der Waals surface area contributed by atoms with E-state index in [9.17, 15) is 8.78 Å². The van der Waals surface area contributed by atoms with Crippen LogP contribution in [-0.2, 0) is 6.54 Å². The fourth-order valence-corrected chi connectivity index (χ4v) is 2.62. The first-order valence-electron chi connectivity index (χ1n) is 6.40. The number of halogens is 2. The van der Waals surface area contributed by atoms with E-state index in [1.54, 1.807) is 17.5 Å². The number of hydrogen-bond donors (Lipinski definition) is 1. The summed E-state index contributed by atoms with van der Waals surface area (Å²) in [4.78, 5) is 4.24. The lowest BCUT2D eigenvalue weighted by Gasteiger charge is -2.08. The molecule has 3 aromatic rings. The number of nitrogens with one attached hydrogen (secondary N) is 1. The first-order valence-corrected chi connectivity index (χ1v) is 7.28. The molecule has 0 amide bonds. The maximum Gasteiger partial charge on any atom is 0.128 e. The van der Waals surface area contributed by atoms with Gasteiger partial charge in [0.1, 0.15) is 16.6 Å². The fourth-order valence-electron chi connectivity index (χ4n) is 1.97. The molecule has 5 heteroatoms. The van der Waals surface area contributed by atoms with E-state index in [4.69, 9.17) is 0 Å². The number of thiazole rings is 1. The number of hydrogen-bond acceptors (Lipinski definition) is 3. The van der Waals surface area contributed by atoms with Crippen LogP contribution in [0.2, 0.25) is 0 Å². The smallest absolute Gasteiger partial charge is 0.128 e. The SMILES string of the molecule is Fc1ccc(F)c(CNc2ccc(-c3nccs3)cc2)c1. The number of anilines is 1. The summed E-state index contributed by atoms with van der Waals surface area (Å²) in [7, 11) is 0. The molecule has 0 spiro atoms. The molecular formula is C16H12F2N2S. The van der Waals surface area contributed by atoms with Gasteiger partial charge in [-0.15, -0.1) is 11.3 Å². The van der Waals surface area contributed by atoms with Crippen molar-refractivity contribution in [2.75, 3.05) is 5.32 Å². The first-order chi connectivity index (χ1) is 10.2. The van der Waals surface area contributed by atoms with Crippen molar-refractivity contribution < 1.29 is 8.78 Å². The van der Waals surface area contributed by atoms with Crippen molar-refractivity contribution >= 4 is 17.0 Å². The minimum absolute atomic E-state index is 0.236. The number of nitrogens with zero attached hydrogens (tertiary/aromatic N) is 1. The third-order valence-electron chi connectivity index (χ3n) is 3.05. The van der Waals surface area contributed by atoms with Crippen LogP contribution in [0.15, 0.2) is 54.0 Å². The minimum Gasteiger partial charge on any atom is -0.381 e. The molecule has 0 fully saturated rings. The van der Waals surface area contributed by atoms with Crippen molar-refractivity contribution in [2.24, 2.45) is 0 Å². The van der Waals surface area contributed by atoms with Gasteiger partial charge in [-0.25, -0.2) is 13.8 Å². The Labute approximate surface area is 125 Å². The van der Waals surface area contributed by atoms with Crippen LogP contribution in [0.3, 0.4) is 0 Å². The summed E-state index contributed by atoms with van der Waals surface area (Å²) >= 11 is 1.57. The van der Waals surface area contributed by atoms with Gasteiger partial charge in [0.2, 0.25) is 0 Å². The largest absolute Gasteiger partial charge is 0.381 e. The molecule has 3 rings (SSSR count). The molecule has 0 bridgehead atoms. The predicted molar refractivity (Wildman–Crippen MR) is 81.2 cm³/mol. The van der Waals surface area contributed by atoms with Gasteiger partial charge in [-0.3, -0.25) is 0 Å². The molecule has 0 aliphatic rings. The Morgan fingerprint density at radius 2 is 1.86 bits per heavy atom. The molecule has 0 radical (unpaired) electrons. The van der Waals surface area contributed by atoms with Gasteiger partial charge in [-0.2, -0.15) is 0 Å². The predicted octanol–water partition coefficient (Wildman–Crippen LogP) is 4.70. The summed E-state index contributed by atoms with van der Waals surface area (Å²) < 4.78 is 26.6. The first kappa shape index (κ1) is 13.7. The summed E-state index contributed by atoms with van der Waals surface area (Å²) in [6, 6.07) is 11.1. The molecule has 0 saturated heterocycles. The van der Waals surface area contributed by atoms with E-state index in [1.807, 2.05) is 29.6 Å². The average molecular weight is 302 g/mol. The van der Waals surface area contributed by atoms with E-state index >= 15 is 0 Å². The summed E-state index contributed by atoms with van der Waals surface area (Å²) in [5.74, 6) is -0.851. The van der Waals surface area contributed by atoms with Crippen LogP contribution in [0.1, 0.15) is 5.56 Å². The summed E-state index contributed by atoms with van der Waals surface area (Å²) in [6.45, 7) is 0.236. The van der Waals surface area contributed by atoms with Crippen molar-refractivity contribution in [3.63, 3.8) is 0 Å². The molecule has 106 valence electrons. The van der Waals surface area contributed by atoms with Crippen LogP contribution in [-0.4, -0.2) is 4.98 Å². The van der Waals surface area contributed by atoms with Crippen LogP contribution in [0.5, 0.6) is 0 Å². The minimum atomic E-state index is -0.438. The molecule has 0 atom stereocenters. The Kier molecular flexibility index (Phi) is 3.92. The molecule has 0 aliphatic heterocycles. The van der Waals surface area contributed by atoms with Crippen LogP contribution >= 0.6 is 11.3 Å². The second kappa shape index (κ2) is 6.01. The zero-order valence-corrected chi connectivity index (χ0v) is 11.8. The Hall–Kier alpha value is -2.27. The topological polar surface area (TPSA) is 24.9 Å². The van der Waals surface area contributed by atoms with Crippen LogP contribution in [0, 0.1) is 11.6 Å². The second-order valence-electron chi connectivity index (χ2n) is 4.50.